The second-order valence-corrected chi connectivity index (χ2v) is 4.29. The number of benzene rings is 2. The van der Waals surface area contributed by atoms with Crippen molar-refractivity contribution >= 4 is 28.3 Å². The van der Waals surface area contributed by atoms with Crippen LogP contribution in [0.5, 0.6) is 5.75 Å². The zero-order chi connectivity index (χ0) is 13.1. The zero-order valence-electron chi connectivity index (χ0n) is 10.1. The third-order valence-electron chi connectivity index (χ3n) is 2.77. The van der Waals surface area contributed by atoms with Crippen LogP contribution in [-0.4, -0.2) is 20.2 Å². The largest absolute Gasteiger partial charge is 0.497 e. The molecule has 1 atom stereocenters. The van der Waals surface area contributed by atoms with E-state index in [0.29, 0.717) is 0 Å². The average Bonchev–Trinajstić information content (AvgIpc) is 2.44. The maximum atomic E-state index is 11.4. The molecule has 0 aliphatic rings. The number of alkyl halides is 1. The van der Waals surface area contributed by atoms with Crippen LogP contribution >= 0.6 is 11.6 Å². The quantitative estimate of drug-likeness (QED) is 0.630. The summed E-state index contributed by atoms with van der Waals surface area (Å²) < 4.78 is 9.78. The molecule has 0 aliphatic carbocycles. The minimum Gasteiger partial charge on any atom is -0.497 e. The van der Waals surface area contributed by atoms with Gasteiger partial charge >= 0.3 is 5.97 Å². The minimum atomic E-state index is -0.776. The summed E-state index contributed by atoms with van der Waals surface area (Å²) in [6.45, 7) is 0. The van der Waals surface area contributed by atoms with E-state index in [2.05, 4.69) is 4.74 Å². The molecule has 0 bridgehead atoms. The van der Waals surface area contributed by atoms with Crippen LogP contribution in [0.4, 0.5) is 0 Å². The number of fused-ring (bicyclic) bond motifs is 1. The highest BCUT2D eigenvalue weighted by atomic mass is 35.5. The first-order valence-electron chi connectivity index (χ1n) is 5.45. The van der Waals surface area contributed by atoms with Gasteiger partial charge in [-0.15, -0.1) is 11.6 Å². The average molecular weight is 265 g/mol. The van der Waals surface area contributed by atoms with Crippen molar-refractivity contribution in [1.29, 1.82) is 0 Å². The molecule has 0 amide bonds. The van der Waals surface area contributed by atoms with E-state index in [1.807, 2.05) is 36.4 Å². The Labute approximate surface area is 110 Å². The lowest BCUT2D eigenvalue weighted by Crippen LogP contribution is -2.08. The summed E-state index contributed by atoms with van der Waals surface area (Å²) in [5.41, 5.74) is 0.723. The molecule has 2 aromatic carbocycles. The van der Waals surface area contributed by atoms with Crippen molar-refractivity contribution in [3.8, 4) is 5.75 Å². The predicted octanol–water partition coefficient (Wildman–Crippen LogP) is 3.30. The Morgan fingerprint density at radius 2 is 1.78 bits per heavy atom. The van der Waals surface area contributed by atoms with E-state index < -0.39 is 11.3 Å². The van der Waals surface area contributed by atoms with Gasteiger partial charge in [-0.3, -0.25) is 4.79 Å². The molecule has 4 heteroatoms. The molecule has 1 unspecified atom stereocenters. The van der Waals surface area contributed by atoms with Crippen LogP contribution in [0.25, 0.3) is 10.8 Å². The molecule has 18 heavy (non-hydrogen) atoms. The van der Waals surface area contributed by atoms with Gasteiger partial charge in [-0.25, -0.2) is 0 Å². The van der Waals surface area contributed by atoms with Gasteiger partial charge in [-0.2, -0.15) is 0 Å². The van der Waals surface area contributed by atoms with E-state index in [-0.39, 0.29) is 0 Å². The number of hydrogen-bond acceptors (Lipinski definition) is 3. The first-order chi connectivity index (χ1) is 8.65. The van der Waals surface area contributed by atoms with Crippen LogP contribution in [-0.2, 0) is 9.53 Å². The number of rotatable bonds is 3. The molecular weight excluding hydrogens is 252 g/mol. The molecule has 0 heterocycles. The van der Waals surface area contributed by atoms with Gasteiger partial charge < -0.3 is 9.47 Å². The van der Waals surface area contributed by atoms with Crippen LogP contribution in [0.3, 0.4) is 0 Å². The molecule has 0 spiro atoms. The van der Waals surface area contributed by atoms with E-state index in [1.54, 1.807) is 7.11 Å². The van der Waals surface area contributed by atoms with Crippen molar-refractivity contribution in [1.82, 2.24) is 0 Å². The molecule has 0 saturated carbocycles. The second kappa shape index (κ2) is 5.27. The molecular formula is C14H13ClO3. The highest BCUT2D eigenvalue weighted by Crippen LogP contribution is 2.27. The molecule has 0 radical (unpaired) electrons. The van der Waals surface area contributed by atoms with Gasteiger partial charge in [-0.1, -0.05) is 18.2 Å². The topological polar surface area (TPSA) is 35.5 Å². The van der Waals surface area contributed by atoms with Gasteiger partial charge in [0, 0.05) is 0 Å². The van der Waals surface area contributed by atoms with Crippen molar-refractivity contribution < 1.29 is 14.3 Å². The van der Waals surface area contributed by atoms with E-state index in [9.17, 15) is 4.79 Å². The number of halogens is 1. The number of methoxy groups -OCH3 is 2. The minimum absolute atomic E-state index is 0.454. The first kappa shape index (κ1) is 12.7. The first-order valence-corrected chi connectivity index (χ1v) is 5.89. The summed E-state index contributed by atoms with van der Waals surface area (Å²) in [5.74, 6) is 0.343. The number of hydrogen-bond donors (Lipinski definition) is 0. The highest BCUT2D eigenvalue weighted by Gasteiger charge is 2.18. The number of esters is 1. The Hall–Kier alpha value is -1.74. The van der Waals surface area contributed by atoms with E-state index in [1.165, 1.54) is 7.11 Å². The number of carbonyl (C=O) groups excluding carboxylic acids is 1. The van der Waals surface area contributed by atoms with Crippen LogP contribution in [0.2, 0.25) is 0 Å². The molecule has 0 N–H and O–H groups in total. The van der Waals surface area contributed by atoms with E-state index in [0.717, 1.165) is 22.1 Å². The lowest BCUT2D eigenvalue weighted by molar-refractivity contribution is -0.140. The highest BCUT2D eigenvalue weighted by molar-refractivity contribution is 6.30. The standard InChI is InChI=1S/C14H13ClO3/c1-17-12-6-5-9-7-11(4-3-10(9)8-12)13(15)14(16)18-2/h3-8,13H,1-2H3. The summed E-state index contributed by atoms with van der Waals surface area (Å²) >= 11 is 6.02. The summed E-state index contributed by atoms with van der Waals surface area (Å²) in [4.78, 5) is 11.4. The van der Waals surface area contributed by atoms with Crippen molar-refractivity contribution in [2.75, 3.05) is 14.2 Å². The van der Waals surface area contributed by atoms with Crippen molar-refractivity contribution in [3.05, 3.63) is 42.0 Å². The van der Waals surface area contributed by atoms with Gasteiger partial charge in [0.05, 0.1) is 14.2 Å². The number of carbonyl (C=O) groups is 1. The van der Waals surface area contributed by atoms with Crippen LogP contribution < -0.4 is 4.74 Å². The fourth-order valence-electron chi connectivity index (χ4n) is 1.77. The Morgan fingerprint density at radius 3 is 2.44 bits per heavy atom. The second-order valence-electron chi connectivity index (χ2n) is 3.86. The molecule has 0 saturated heterocycles. The lowest BCUT2D eigenvalue weighted by Gasteiger charge is -2.09. The third-order valence-corrected chi connectivity index (χ3v) is 3.20. The maximum Gasteiger partial charge on any atom is 0.328 e. The molecule has 0 aromatic heterocycles. The van der Waals surface area contributed by atoms with Crippen LogP contribution in [0.1, 0.15) is 10.9 Å². The van der Waals surface area contributed by atoms with Gasteiger partial charge in [0.15, 0.2) is 5.38 Å². The Balaban J connectivity index is 2.42. The predicted molar refractivity (Wildman–Crippen MR) is 71.1 cm³/mol. The SMILES string of the molecule is COC(=O)C(Cl)c1ccc2cc(OC)ccc2c1. The monoisotopic (exact) mass is 264 g/mol. The van der Waals surface area contributed by atoms with Crippen molar-refractivity contribution in [2.45, 2.75) is 5.38 Å². The summed E-state index contributed by atoms with van der Waals surface area (Å²) in [6, 6.07) is 11.3. The molecule has 0 fully saturated rings. The molecule has 3 nitrogen and oxygen atoms in total. The van der Waals surface area contributed by atoms with Gasteiger partial charge in [0.25, 0.3) is 0 Å². The summed E-state index contributed by atoms with van der Waals surface area (Å²) in [6.07, 6.45) is 0. The zero-order valence-corrected chi connectivity index (χ0v) is 10.9. The smallest absolute Gasteiger partial charge is 0.328 e. The van der Waals surface area contributed by atoms with E-state index >= 15 is 0 Å². The summed E-state index contributed by atoms with van der Waals surface area (Å²) in [7, 11) is 2.95. The van der Waals surface area contributed by atoms with Crippen LogP contribution in [0.15, 0.2) is 36.4 Å². The Morgan fingerprint density at radius 1 is 1.11 bits per heavy atom. The van der Waals surface area contributed by atoms with Gasteiger partial charge in [-0.05, 0) is 34.5 Å². The van der Waals surface area contributed by atoms with Crippen molar-refractivity contribution in [2.24, 2.45) is 0 Å². The van der Waals surface area contributed by atoms with Gasteiger partial charge in [0.1, 0.15) is 5.75 Å². The summed E-state index contributed by atoms with van der Waals surface area (Å²) in [5, 5.41) is 1.26. The Kier molecular flexibility index (Phi) is 3.72. The number of ether oxygens (including phenoxy) is 2. The van der Waals surface area contributed by atoms with Crippen LogP contribution in [0, 0.1) is 0 Å². The molecule has 2 aromatic rings. The fraction of sp³-hybridized carbons (Fsp3) is 0.214. The third kappa shape index (κ3) is 2.41. The molecule has 94 valence electrons. The Bertz CT molecular complexity index is 580. The van der Waals surface area contributed by atoms with E-state index in [4.69, 9.17) is 16.3 Å². The van der Waals surface area contributed by atoms with Crippen molar-refractivity contribution in [3.63, 3.8) is 0 Å². The van der Waals surface area contributed by atoms with Gasteiger partial charge in [0.2, 0.25) is 0 Å². The lowest BCUT2D eigenvalue weighted by atomic mass is 10.0. The molecule has 2 rings (SSSR count). The maximum absolute atomic E-state index is 11.4. The molecule has 0 aliphatic heterocycles. The normalized spacial score (nSPS) is 12.2. The fourth-order valence-corrected chi connectivity index (χ4v) is 1.99.